The van der Waals surface area contributed by atoms with Crippen molar-refractivity contribution in [1.82, 2.24) is 25.1 Å². The number of rotatable bonds is 5. The minimum atomic E-state index is -1.11. The van der Waals surface area contributed by atoms with Gasteiger partial charge in [0.05, 0.1) is 6.20 Å². The van der Waals surface area contributed by atoms with Crippen LogP contribution in [0.25, 0.3) is 0 Å². The smallest absolute Gasteiger partial charge is 0.358 e. The summed E-state index contributed by atoms with van der Waals surface area (Å²) in [6.45, 7) is 2.26. The number of carboxylic acid groups (broad SMARTS) is 1. The van der Waals surface area contributed by atoms with Crippen molar-refractivity contribution in [3.05, 3.63) is 23.6 Å². The molecule has 17 heavy (non-hydrogen) atoms. The third-order valence-electron chi connectivity index (χ3n) is 2.04. The third kappa shape index (κ3) is 2.65. The van der Waals surface area contributed by atoms with E-state index in [-0.39, 0.29) is 12.2 Å². The van der Waals surface area contributed by atoms with Crippen LogP contribution in [0, 0.1) is 0 Å². The first-order valence-corrected chi connectivity index (χ1v) is 5.14. The van der Waals surface area contributed by atoms with E-state index in [9.17, 15) is 4.79 Å². The minimum Gasteiger partial charge on any atom is -0.476 e. The van der Waals surface area contributed by atoms with Crippen LogP contribution in [0.4, 0.5) is 0 Å². The maximum Gasteiger partial charge on any atom is 0.358 e. The van der Waals surface area contributed by atoms with Crippen molar-refractivity contribution in [2.75, 3.05) is 0 Å². The maximum atomic E-state index is 10.6. The van der Waals surface area contributed by atoms with Gasteiger partial charge in [0.2, 0.25) is 5.89 Å². The van der Waals surface area contributed by atoms with Gasteiger partial charge in [-0.05, 0) is 6.42 Å². The number of carboxylic acids is 1. The van der Waals surface area contributed by atoms with Crippen molar-refractivity contribution in [2.45, 2.75) is 26.3 Å². The molecule has 2 aromatic rings. The molecule has 0 spiro atoms. The lowest BCUT2D eigenvalue weighted by Crippen LogP contribution is -2.02. The fourth-order valence-corrected chi connectivity index (χ4v) is 1.29. The summed E-state index contributed by atoms with van der Waals surface area (Å²) in [5.74, 6) is -0.0904. The molecule has 2 heterocycles. The van der Waals surface area contributed by atoms with Gasteiger partial charge in [-0.15, -0.1) is 5.10 Å². The Balaban J connectivity index is 2.05. The molecule has 0 atom stereocenters. The molecule has 0 aromatic carbocycles. The summed E-state index contributed by atoms with van der Waals surface area (Å²) in [5.41, 5.74) is -0.109. The predicted octanol–water partition coefficient (Wildman–Crippen LogP) is 0.360. The Morgan fingerprint density at radius 1 is 1.59 bits per heavy atom. The minimum absolute atomic E-state index is 0.109. The van der Waals surface area contributed by atoms with Gasteiger partial charge in [-0.1, -0.05) is 17.3 Å². The SMILES string of the molecule is CCCc1nc(Cn2cc(C(=O)O)nn2)no1. The number of carbonyl (C=O) groups is 1. The van der Waals surface area contributed by atoms with Crippen molar-refractivity contribution in [1.29, 1.82) is 0 Å². The molecule has 0 aliphatic heterocycles. The molecule has 0 aliphatic carbocycles. The topological polar surface area (TPSA) is 107 Å². The predicted molar refractivity (Wildman–Crippen MR) is 54.4 cm³/mol. The summed E-state index contributed by atoms with van der Waals surface area (Å²) < 4.78 is 6.34. The third-order valence-corrected chi connectivity index (χ3v) is 2.04. The highest BCUT2D eigenvalue weighted by Gasteiger charge is 2.11. The lowest BCUT2D eigenvalue weighted by molar-refractivity contribution is 0.0690. The van der Waals surface area contributed by atoms with E-state index < -0.39 is 5.97 Å². The molecule has 2 rings (SSSR count). The highest BCUT2D eigenvalue weighted by Crippen LogP contribution is 2.02. The van der Waals surface area contributed by atoms with Crippen LogP contribution < -0.4 is 0 Å². The van der Waals surface area contributed by atoms with Gasteiger partial charge in [-0.2, -0.15) is 4.98 Å². The zero-order valence-electron chi connectivity index (χ0n) is 9.20. The van der Waals surface area contributed by atoms with Gasteiger partial charge in [0.1, 0.15) is 6.54 Å². The van der Waals surface area contributed by atoms with E-state index in [1.54, 1.807) is 0 Å². The summed E-state index contributed by atoms with van der Waals surface area (Å²) in [7, 11) is 0. The number of aromatic nitrogens is 5. The fraction of sp³-hybridized carbons (Fsp3) is 0.444. The largest absolute Gasteiger partial charge is 0.476 e. The van der Waals surface area contributed by atoms with Crippen LogP contribution in [0.5, 0.6) is 0 Å². The monoisotopic (exact) mass is 237 g/mol. The Labute approximate surface area is 96.2 Å². The number of hydrogen-bond donors (Lipinski definition) is 1. The lowest BCUT2D eigenvalue weighted by Gasteiger charge is -1.91. The Kier molecular flexibility index (Phi) is 3.12. The van der Waals surface area contributed by atoms with E-state index in [0.717, 1.165) is 12.8 Å². The molecular weight excluding hydrogens is 226 g/mol. The van der Waals surface area contributed by atoms with Crippen molar-refractivity contribution in [3.8, 4) is 0 Å². The fourth-order valence-electron chi connectivity index (χ4n) is 1.29. The van der Waals surface area contributed by atoms with Crippen LogP contribution >= 0.6 is 0 Å². The quantitative estimate of drug-likeness (QED) is 0.799. The standard InChI is InChI=1S/C9H11N5O3/c1-2-3-8-10-7(12-17-8)5-14-4-6(9(15)16)11-13-14/h4H,2-3,5H2,1H3,(H,15,16). The molecule has 0 fully saturated rings. The maximum absolute atomic E-state index is 10.6. The molecule has 2 aromatic heterocycles. The van der Waals surface area contributed by atoms with Crippen LogP contribution in [-0.4, -0.2) is 36.2 Å². The van der Waals surface area contributed by atoms with Crippen molar-refractivity contribution in [2.24, 2.45) is 0 Å². The Morgan fingerprint density at radius 2 is 2.41 bits per heavy atom. The molecule has 8 heteroatoms. The van der Waals surface area contributed by atoms with Crippen molar-refractivity contribution < 1.29 is 14.4 Å². The zero-order chi connectivity index (χ0) is 12.3. The number of nitrogens with zero attached hydrogens (tertiary/aromatic N) is 5. The Morgan fingerprint density at radius 3 is 3.06 bits per heavy atom. The van der Waals surface area contributed by atoms with E-state index in [1.165, 1.54) is 10.9 Å². The van der Waals surface area contributed by atoms with Crippen LogP contribution in [0.15, 0.2) is 10.7 Å². The van der Waals surface area contributed by atoms with Gasteiger partial charge in [0, 0.05) is 6.42 Å². The number of aryl methyl sites for hydroxylation is 1. The zero-order valence-corrected chi connectivity index (χ0v) is 9.20. The molecule has 0 unspecified atom stereocenters. The molecule has 0 amide bonds. The molecule has 0 radical (unpaired) electrons. The lowest BCUT2D eigenvalue weighted by atomic mass is 10.3. The normalized spacial score (nSPS) is 10.6. The molecule has 0 bridgehead atoms. The van der Waals surface area contributed by atoms with E-state index in [0.29, 0.717) is 11.7 Å². The van der Waals surface area contributed by atoms with Crippen LogP contribution in [0.1, 0.15) is 35.5 Å². The van der Waals surface area contributed by atoms with Crippen LogP contribution in [-0.2, 0) is 13.0 Å². The molecule has 90 valence electrons. The van der Waals surface area contributed by atoms with Crippen molar-refractivity contribution >= 4 is 5.97 Å². The molecule has 0 aliphatic rings. The second-order valence-electron chi connectivity index (χ2n) is 3.46. The summed E-state index contributed by atoms with van der Waals surface area (Å²) in [4.78, 5) is 14.7. The van der Waals surface area contributed by atoms with E-state index in [2.05, 4.69) is 20.5 Å². The summed E-state index contributed by atoms with van der Waals surface area (Å²) >= 11 is 0. The highest BCUT2D eigenvalue weighted by atomic mass is 16.5. The molecule has 1 N–H and O–H groups in total. The summed E-state index contributed by atoms with van der Waals surface area (Å²) in [6, 6.07) is 0. The summed E-state index contributed by atoms with van der Waals surface area (Å²) in [5, 5.41) is 19.6. The van der Waals surface area contributed by atoms with Gasteiger partial charge >= 0.3 is 5.97 Å². The number of aromatic carboxylic acids is 1. The highest BCUT2D eigenvalue weighted by molar-refractivity contribution is 5.84. The van der Waals surface area contributed by atoms with E-state index >= 15 is 0 Å². The Hall–Kier alpha value is -2.25. The second-order valence-corrected chi connectivity index (χ2v) is 3.46. The molecule has 0 saturated heterocycles. The van der Waals surface area contributed by atoms with E-state index in [1.807, 2.05) is 6.92 Å². The van der Waals surface area contributed by atoms with Crippen molar-refractivity contribution in [3.63, 3.8) is 0 Å². The number of hydrogen-bond acceptors (Lipinski definition) is 6. The first-order chi connectivity index (χ1) is 8.19. The van der Waals surface area contributed by atoms with E-state index in [4.69, 9.17) is 9.63 Å². The van der Waals surface area contributed by atoms with Gasteiger partial charge in [0.15, 0.2) is 11.5 Å². The van der Waals surface area contributed by atoms with Gasteiger partial charge in [-0.25, -0.2) is 9.48 Å². The van der Waals surface area contributed by atoms with Crippen LogP contribution in [0.3, 0.4) is 0 Å². The summed E-state index contributed by atoms with van der Waals surface area (Å²) in [6.07, 6.45) is 2.97. The Bertz CT molecular complexity index is 518. The second kappa shape index (κ2) is 4.73. The molecule has 0 saturated carbocycles. The average molecular weight is 237 g/mol. The first-order valence-electron chi connectivity index (χ1n) is 5.14. The van der Waals surface area contributed by atoms with Crippen LogP contribution in [0.2, 0.25) is 0 Å². The first kappa shape index (κ1) is 11.2. The van der Waals surface area contributed by atoms with Gasteiger partial charge in [-0.3, -0.25) is 0 Å². The molecular formula is C9H11N5O3. The average Bonchev–Trinajstić information content (AvgIpc) is 2.89. The van der Waals surface area contributed by atoms with Gasteiger partial charge in [0.25, 0.3) is 0 Å². The van der Waals surface area contributed by atoms with Gasteiger partial charge < -0.3 is 9.63 Å². The molecule has 8 nitrogen and oxygen atoms in total.